The molecule has 0 spiro atoms. The maximum absolute atomic E-state index is 13.0. The van der Waals surface area contributed by atoms with Crippen molar-refractivity contribution >= 4 is 29.4 Å². The summed E-state index contributed by atoms with van der Waals surface area (Å²) in [7, 11) is 0. The van der Waals surface area contributed by atoms with Gasteiger partial charge in [0.05, 0.1) is 0 Å². The standard InChI is InChI=1S/C28H25N3O5/c29-26(32)19-5-3-18(4-6-19)15-30-27(33)20-7-1-17(2-8-20)13-23(28(34)31-22-10-11-22)21-9-12-24-25(14-21)36-16-35-24/h1-9,12-14,22H,10-11,15-16H2,(H2,29,32)(H,30,33)(H,31,34)/b23-13+. The Morgan fingerprint density at radius 2 is 1.53 bits per heavy atom. The largest absolute Gasteiger partial charge is 0.454 e. The molecule has 5 rings (SSSR count). The summed E-state index contributed by atoms with van der Waals surface area (Å²) in [4.78, 5) is 36.8. The lowest BCUT2D eigenvalue weighted by atomic mass is 10.0. The fraction of sp³-hybridized carbons (Fsp3) is 0.179. The number of amides is 3. The van der Waals surface area contributed by atoms with Crippen molar-refractivity contribution in [3.63, 3.8) is 0 Å². The van der Waals surface area contributed by atoms with Crippen LogP contribution in [0, 0.1) is 0 Å². The molecular formula is C28H25N3O5. The minimum atomic E-state index is -0.494. The smallest absolute Gasteiger partial charge is 0.252 e. The molecule has 0 unspecified atom stereocenters. The summed E-state index contributed by atoms with van der Waals surface area (Å²) in [6.45, 7) is 0.476. The van der Waals surface area contributed by atoms with Crippen LogP contribution in [-0.2, 0) is 11.3 Å². The molecule has 0 aromatic heterocycles. The summed E-state index contributed by atoms with van der Waals surface area (Å²) in [6, 6.07) is 19.4. The zero-order valence-electron chi connectivity index (χ0n) is 19.5. The molecular weight excluding hydrogens is 458 g/mol. The van der Waals surface area contributed by atoms with Crippen LogP contribution in [0.3, 0.4) is 0 Å². The number of rotatable bonds is 8. The van der Waals surface area contributed by atoms with Crippen molar-refractivity contribution < 1.29 is 23.9 Å². The zero-order chi connectivity index (χ0) is 25.1. The highest BCUT2D eigenvalue weighted by Crippen LogP contribution is 2.35. The first-order chi connectivity index (χ1) is 17.5. The van der Waals surface area contributed by atoms with Gasteiger partial charge in [-0.15, -0.1) is 0 Å². The fourth-order valence-corrected chi connectivity index (χ4v) is 3.80. The lowest BCUT2D eigenvalue weighted by molar-refractivity contribution is -0.115. The predicted octanol–water partition coefficient (Wildman–Crippen LogP) is 3.26. The molecule has 4 N–H and O–H groups in total. The maximum atomic E-state index is 13.0. The van der Waals surface area contributed by atoms with E-state index in [0.29, 0.717) is 34.7 Å². The summed E-state index contributed by atoms with van der Waals surface area (Å²) in [5, 5.41) is 5.90. The molecule has 8 nitrogen and oxygen atoms in total. The van der Waals surface area contributed by atoms with E-state index in [4.69, 9.17) is 15.2 Å². The highest BCUT2D eigenvalue weighted by Gasteiger charge is 2.26. The van der Waals surface area contributed by atoms with Crippen LogP contribution in [0.15, 0.2) is 66.7 Å². The van der Waals surface area contributed by atoms with Gasteiger partial charge in [-0.2, -0.15) is 0 Å². The predicted molar refractivity (Wildman–Crippen MR) is 134 cm³/mol. The van der Waals surface area contributed by atoms with Crippen LogP contribution in [0.25, 0.3) is 11.6 Å². The number of primary amides is 1. The Kier molecular flexibility index (Phi) is 6.40. The molecule has 36 heavy (non-hydrogen) atoms. The number of carbonyl (C=O) groups excluding carboxylic acids is 3. The number of ether oxygens (including phenoxy) is 2. The number of fused-ring (bicyclic) bond motifs is 1. The third kappa shape index (κ3) is 5.38. The van der Waals surface area contributed by atoms with Crippen molar-refractivity contribution in [3.8, 4) is 11.5 Å². The number of nitrogens with one attached hydrogen (secondary N) is 2. The van der Waals surface area contributed by atoms with Crippen LogP contribution >= 0.6 is 0 Å². The normalized spacial score (nSPS) is 14.3. The fourth-order valence-electron chi connectivity index (χ4n) is 3.80. The lowest BCUT2D eigenvalue weighted by Gasteiger charge is -2.10. The van der Waals surface area contributed by atoms with Gasteiger partial charge in [0.15, 0.2) is 11.5 Å². The van der Waals surface area contributed by atoms with Crippen molar-refractivity contribution in [3.05, 3.63) is 94.5 Å². The lowest BCUT2D eigenvalue weighted by Crippen LogP contribution is -2.26. The van der Waals surface area contributed by atoms with E-state index in [2.05, 4.69) is 10.6 Å². The topological polar surface area (TPSA) is 120 Å². The Morgan fingerprint density at radius 1 is 0.861 bits per heavy atom. The SMILES string of the molecule is NC(=O)c1ccc(CNC(=O)c2ccc(/C=C(/C(=O)NC3CC3)c3ccc4c(c3)OCO4)cc2)cc1. The molecule has 0 saturated heterocycles. The van der Waals surface area contributed by atoms with Gasteiger partial charge in [-0.05, 0) is 72.0 Å². The molecule has 1 fully saturated rings. The third-order valence-corrected chi connectivity index (χ3v) is 6.02. The molecule has 1 heterocycles. The second-order valence-electron chi connectivity index (χ2n) is 8.74. The third-order valence-electron chi connectivity index (χ3n) is 6.02. The summed E-state index contributed by atoms with van der Waals surface area (Å²) in [5.74, 6) is 0.382. The van der Waals surface area contributed by atoms with E-state index in [1.807, 2.05) is 6.07 Å². The zero-order valence-corrected chi connectivity index (χ0v) is 19.5. The summed E-state index contributed by atoms with van der Waals surface area (Å²) >= 11 is 0. The summed E-state index contributed by atoms with van der Waals surface area (Å²) in [5.41, 5.74) is 9.03. The van der Waals surface area contributed by atoms with Crippen molar-refractivity contribution in [2.45, 2.75) is 25.4 Å². The molecule has 1 aliphatic carbocycles. The summed E-state index contributed by atoms with van der Waals surface area (Å²) < 4.78 is 10.9. The Balaban J connectivity index is 1.30. The first-order valence-electron chi connectivity index (χ1n) is 11.7. The van der Waals surface area contributed by atoms with Gasteiger partial charge in [-0.3, -0.25) is 14.4 Å². The van der Waals surface area contributed by atoms with Crippen molar-refractivity contribution in [2.24, 2.45) is 5.73 Å². The van der Waals surface area contributed by atoms with Gasteiger partial charge >= 0.3 is 0 Å². The van der Waals surface area contributed by atoms with E-state index in [0.717, 1.165) is 29.5 Å². The van der Waals surface area contributed by atoms with Gasteiger partial charge in [-0.25, -0.2) is 0 Å². The monoisotopic (exact) mass is 483 g/mol. The highest BCUT2D eigenvalue weighted by atomic mass is 16.7. The highest BCUT2D eigenvalue weighted by molar-refractivity contribution is 6.24. The quantitative estimate of drug-likeness (QED) is 0.336. The van der Waals surface area contributed by atoms with Gasteiger partial charge in [0, 0.05) is 29.3 Å². The van der Waals surface area contributed by atoms with Crippen LogP contribution in [0.5, 0.6) is 11.5 Å². The van der Waals surface area contributed by atoms with Crippen LogP contribution in [-0.4, -0.2) is 30.6 Å². The minimum Gasteiger partial charge on any atom is -0.454 e. The molecule has 1 aliphatic heterocycles. The van der Waals surface area contributed by atoms with Crippen LogP contribution in [0.2, 0.25) is 0 Å². The molecule has 1 saturated carbocycles. The van der Waals surface area contributed by atoms with Gasteiger partial charge in [-0.1, -0.05) is 30.3 Å². The molecule has 3 aromatic carbocycles. The van der Waals surface area contributed by atoms with Crippen LogP contribution < -0.4 is 25.8 Å². The molecule has 0 atom stereocenters. The first kappa shape index (κ1) is 23.2. The average molecular weight is 484 g/mol. The Bertz CT molecular complexity index is 1340. The van der Waals surface area contributed by atoms with Gasteiger partial charge in [0.2, 0.25) is 12.7 Å². The van der Waals surface area contributed by atoms with Crippen molar-refractivity contribution in [1.29, 1.82) is 0 Å². The second-order valence-corrected chi connectivity index (χ2v) is 8.74. The van der Waals surface area contributed by atoms with E-state index >= 15 is 0 Å². The molecule has 2 aliphatic rings. The van der Waals surface area contributed by atoms with Crippen molar-refractivity contribution in [1.82, 2.24) is 10.6 Å². The van der Waals surface area contributed by atoms with Gasteiger partial charge < -0.3 is 25.8 Å². The van der Waals surface area contributed by atoms with Crippen LogP contribution in [0.4, 0.5) is 0 Å². The van der Waals surface area contributed by atoms with Gasteiger partial charge in [0.25, 0.3) is 11.8 Å². The number of hydrogen-bond donors (Lipinski definition) is 3. The maximum Gasteiger partial charge on any atom is 0.252 e. The number of benzene rings is 3. The van der Waals surface area contributed by atoms with Crippen molar-refractivity contribution in [2.75, 3.05) is 6.79 Å². The van der Waals surface area contributed by atoms with Crippen LogP contribution in [0.1, 0.15) is 50.2 Å². The summed E-state index contributed by atoms with van der Waals surface area (Å²) in [6.07, 6.45) is 3.77. The number of carbonyl (C=O) groups is 3. The molecule has 0 radical (unpaired) electrons. The van der Waals surface area contributed by atoms with E-state index in [1.54, 1.807) is 66.7 Å². The van der Waals surface area contributed by atoms with E-state index in [1.165, 1.54) is 0 Å². The van der Waals surface area contributed by atoms with E-state index in [9.17, 15) is 14.4 Å². The number of hydrogen-bond acceptors (Lipinski definition) is 5. The second kappa shape index (κ2) is 9.95. The van der Waals surface area contributed by atoms with E-state index < -0.39 is 5.91 Å². The molecule has 3 aromatic rings. The molecule has 3 amide bonds. The first-order valence-corrected chi connectivity index (χ1v) is 11.7. The Hall–Kier alpha value is -4.59. The molecule has 182 valence electrons. The van der Waals surface area contributed by atoms with E-state index in [-0.39, 0.29) is 24.6 Å². The number of nitrogens with two attached hydrogens (primary N) is 1. The Morgan fingerprint density at radius 3 is 2.22 bits per heavy atom. The Labute approximate surface area is 208 Å². The molecule has 8 heteroatoms. The average Bonchev–Trinajstić information content (AvgIpc) is 3.58. The molecule has 0 bridgehead atoms. The van der Waals surface area contributed by atoms with Gasteiger partial charge in [0.1, 0.15) is 0 Å². The minimum absolute atomic E-state index is 0.152.